The highest BCUT2D eigenvalue weighted by molar-refractivity contribution is 6.04. The molecule has 0 aliphatic rings. The van der Waals surface area contributed by atoms with Crippen LogP contribution in [0, 0.1) is 13.8 Å². The normalized spacial score (nSPS) is 10.9. The number of benzene rings is 2. The maximum Gasteiger partial charge on any atom is 0.257 e. The fraction of sp³-hybridized carbons (Fsp3) is 0.0952. The molecule has 2 heterocycles. The number of carbonyl (C=O) groups excluding carboxylic acids is 1. The zero-order chi connectivity index (χ0) is 19.0. The second-order valence-corrected chi connectivity index (χ2v) is 6.35. The average molecular weight is 359 g/mol. The van der Waals surface area contributed by atoms with E-state index in [2.05, 4.69) is 15.3 Å². The van der Waals surface area contributed by atoms with Gasteiger partial charge in [0, 0.05) is 24.1 Å². The van der Waals surface area contributed by atoms with Crippen LogP contribution < -0.4 is 5.32 Å². The van der Waals surface area contributed by atoms with Gasteiger partial charge in [0.15, 0.2) is 5.58 Å². The van der Waals surface area contributed by atoms with Crippen LogP contribution in [0.25, 0.3) is 22.6 Å². The number of aryl methyl sites for hydroxylation is 2. The second kappa shape index (κ2) is 6.57. The van der Waals surface area contributed by atoms with E-state index in [1.54, 1.807) is 30.5 Å². The number of phenolic OH excluding ortho intramolecular Hbond substituents is 1. The number of phenols is 1. The number of carbonyl (C=O) groups is 1. The van der Waals surface area contributed by atoms with Crippen molar-refractivity contribution in [3.63, 3.8) is 0 Å². The number of amides is 1. The highest BCUT2D eigenvalue weighted by Crippen LogP contribution is 2.33. The largest absolute Gasteiger partial charge is 0.507 e. The molecule has 4 aromatic rings. The molecule has 0 bridgehead atoms. The van der Waals surface area contributed by atoms with Gasteiger partial charge in [-0.25, -0.2) is 4.98 Å². The number of aromatic hydroxyl groups is 1. The minimum Gasteiger partial charge on any atom is -0.507 e. The van der Waals surface area contributed by atoms with Crippen molar-refractivity contribution in [1.82, 2.24) is 9.97 Å². The Morgan fingerprint density at radius 3 is 2.67 bits per heavy atom. The zero-order valence-electron chi connectivity index (χ0n) is 14.9. The lowest BCUT2D eigenvalue weighted by molar-refractivity contribution is 0.102. The Kier molecular flexibility index (Phi) is 4.08. The van der Waals surface area contributed by atoms with Gasteiger partial charge in [0.05, 0.1) is 11.1 Å². The number of nitrogens with zero attached hydrogens (tertiary/aromatic N) is 2. The quantitative estimate of drug-likeness (QED) is 0.564. The molecule has 6 nitrogen and oxygen atoms in total. The van der Waals surface area contributed by atoms with Gasteiger partial charge in [-0.1, -0.05) is 0 Å². The van der Waals surface area contributed by atoms with Gasteiger partial charge < -0.3 is 14.8 Å². The molecule has 6 heteroatoms. The standard InChI is InChI=1S/C21H17N3O3/c1-12-8-17-19(9-13(12)2)27-21(24-17)16-6-5-15(10-18(16)25)23-20(26)14-4-3-7-22-11-14/h3-11,25H,1-2H3,(H,23,26). The fourth-order valence-electron chi connectivity index (χ4n) is 2.79. The molecule has 0 aliphatic heterocycles. The summed E-state index contributed by atoms with van der Waals surface area (Å²) in [6, 6.07) is 12.1. The fourth-order valence-corrected chi connectivity index (χ4v) is 2.79. The van der Waals surface area contributed by atoms with Crippen molar-refractivity contribution in [2.24, 2.45) is 0 Å². The van der Waals surface area contributed by atoms with Crippen molar-refractivity contribution < 1.29 is 14.3 Å². The van der Waals surface area contributed by atoms with Crippen molar-refractivity contribution in [2.75, 3.05) is 5.32 Å². The van der Waals surface area contributed by atoms with E-state index in [0.717, 1.165) is 16.6 Å². The maximum atomic E-state index is 12.2. The summed E-state index contributed by atoms with van der Waals surface area (Å²) in [5.74, 6) is -0.000292. The van der Waals surface area contributed by atoms with Gasteiger partial charge in [-0.05, 0) is 61.4 Å². The lowest BCUT2D eigenvalue weighted by Crippen LogP contribution is -2.11. The molecule has 1 amide bonds. The van der Waals surface area contributed by atoms with Gasteiger partial charge in [0.2, 0.25) is 5.89 Å². The van der Waals surface area contributed by atoms with Crippen LogP contribution in [-0.2, 0) is 0 Å². The molecule has 2 aromatic carbocycles. The van der Waals surface area contributed by atoms with Crippen LogP contribution in [0.2, 0.25) is 0 Å². The number of hydrogen-bond acceptors (Lipinski definition) is 5. The number of oxazole rings is 1. The van der Waals surface area contributed by atoms with Crippen LogP contribution in [0.4, 0.5) is 5.69 Å². The number of anilines is 1. The van der Waals surface area contributed by atoms with Crippen molar-refractivity contribution in [3.8, 4) is 17.2 Å². The Balaban J connectivity index is 1.63. The summed E-state index contributed by atoms with van der Waals surface area (Å²) < 4.78 is 5.79. The van der Waals surface area contributed by atoms with Crippen LogP contribution >= 0.6 is 0 Å². The highest BCUT2D eigenvalue weighted by Gasteiger charge is 2.14. The third kappa shape index (κ3) is 3.25. The number of hydrogen-bond donors (Lipinski definition) is 2. The van der Waals surface area contributed by atoms with Crippen LogP contribution in [0.3, 0.4) is 0 Å². The van der Waals surface area contributed by atoms with Gasteiger partial charge in [0.25, 0.3) is 5.91 Å². The molecule has 27 heavy (non-hydrogen) atoms. The monoisotopic (exact) mass is 359 g/mol. The molecule has 134 valence electrons. The van der Waals surface area contributed by atoms with E-state index in [0.29, 0.717) is 28.3 Å². The van der Waals surface area contributed by atoms with E-state index in [-0.39, 0.29) is 11.7 Å². The molecular weight excluding hydrogens is 342 g/mol. The van der Waals surface area contributed by atoms with E-state index in [4.69, 9.17) is 4.42 Å². The summed E-state index contributed by atoms with van der Waals surface area (Å²) in [4.78, 5) is 20.6. The summed E-state index contributed by atoms with van der Waals surface area (Å²) in [6.45, 7) is 4.02. The van der Waals surface area contributed by atoms with Crippen LogP contribution in [-0.4, -0.2) is 21.0 Å². The lowest BCUT2D eigenvalue weighted by atomic mass is 10.1. The van der Waals surface area contributed by atoms with Crippen LogP contribution in [0.1, 0.15) is 21.5 Å². The first-order valence-corrected chi connectivity index (χ1v) is 8.44. The molecule has 0 fully saturated rings. The lowest BCUT2D eigenvalue weighted by Gasteiger charge is -2.07. The van der Waals surface area contributed by atoms with Gasteiger partial charge in [-0.2, -0.15) is 0 Å². The first kappa shape index (κ1) is 16.8. The summed E-state index contributed by atoms with van der Waals surface area (Å²) >= 11 is 0. The zero-order valence-corrected chi connectivity index (χ0v) is 14.9. The summed E-state index contributed by atoms with van der Waals surface area (Å²) in [7, 11) is 0. The van der Waals surface area contributed by atoms with Gasteiger partial charge in [-0.3, -0.25) is 9.78 Å². The Hall–Kier alpha value is -3.67. The van der Waals surface area contributed by atoms with Crippen molar-refractivity contribution in [3.05, 3.63) is 71.5 Å². The topological polar surface area (TPSA) is 88.2 Å². The molecule has 2 N–H and O–H groups in total. The van der Waals surface area contributed by atoms with Crippen molar-refractivity contribution >= 4 is 22.7 Å². The molecule has 2 aromatic heterocycles. The van der Waals surface area contributed by atoms with E-state index in [1.807, 2.05) is 26.0 Å². The molecule has 0 aliphatic carbocycles. The minimum atomic E-state index is -0.303. The predicted octanol–water partition coefficient (Wildman–Crippen LogP) is 4.46. The number of pyridine rings is 1. The van der Waals surface area contributed by atoms with E-state index in [1.165, 1.54) is 12.3 Å². The Labute approximate surface area is 155 Å². The summed E-state index contributed by atoms with van der Waals surface area (Å²) in [5, 5.41) is 13.1. The molecule has 4 rings (SSSR count). The number of nitrogens with one attached hydrogen (secondary N) is 1. The van der Waals surface area contributed by atoms with Crippen molar-refractivity contribution in [2.45, 2.75) is 13.8 Å². The minimum absolute atomic E-state index is 0.0287. The first-order chi connectivity index (χ1) is 13.0. The molecule has 0 spiro atoms. The SMILES string of the molecule is Cc1cc2nc(-c3ccc(NC(=O)c4cccnc4)cc3O)oc2cc1C. The van der Waals surface area contributed by atoms with E-state index in [9.17, 15) is 9.90 Å². The third-order valence-corrected chi connectivity index (χ3v) is 4.41. The maximum absolute atomic E-state index is 12.2. The smallest absolute Gasteiger partial charge is 0.257 e. The first-order valence-electron chi connectivity index (χ1n) is 8.44. The second-order valence-electron chi connectivity index (χ2n) is 6.35. The average Bonchev–Trinajstić information content (AvgIpc) is 3.05. The van der Waals surface area contributed by atoms with Gasteiger partial charge in [0.1, 0.15) is 11.3 Å². The molecule has 0 radical (unpaired) electrons. The summed E-state index contributed by atoms with van der Waals surface area (Å²) in [5.41, 5.74) is 5.00. The van der Waals surface area contributed by atoms with Crippen molar-refractivity contribution in [1.29, 1.82) is 0 Å². The molecule has 0 atom stereocenters. The van der Waals surface area contributed by atoms with Gasteiger partial charge >= 0.3 is 0 Å². The molecule has 0 unspecified atom stereocenters. The van der Waals surface area contributed by atoms with E-state index < -0.39 is 0 Å². The predicted molar refractivity (Wildman–Crippen MR) is 103 cm³/mol. The third-order valence-electron chi connectivity index (χ3n) is 4.41. The van der Waals surface area contributed by atoms with Crippen LogP contribution in [0.5, 0.6) is 5.75 Å². The Morgan fingerprint density at radius 2 is 1.93 bits per heavy atom. The molecule has 0 saturated heterocycles. The number of fused-ring (bicyclic) bond motifs is 1. The Morgan fingerprint density at radius 1 is 1.11 bits per heavy atom. The molecular formula is C21H17N3O3. The summed E-state index contributed by atoms with van der Waals surface area (Å²) in [6.07, 6.45) is 3.08. The van der Waals surface area contributed by atoms with Crippen LogP contribution in [0.15, 0.2) is 59.3 Å². The highest BCUT2D eigenvalue weighted by atomic mass is 16.3. The van der Waals surface area contributed by atoms with E-state index >= 15 is 0 Å². The molecule has 0 saturated carbocycles. The Bertz CT molecular complexity index is 1110. The number of aromatic nitrogens is 2. The van der Waals surface area contributed by atoms with Gasteiger partial charge in [-0.15, -0.1) is 0 Å². The number of rotatable bonds is 3.